The molecule has 1 aromatic heterocycles. The zero-order valence-corrected chi connectivity index (χ0v) is 44.5. The fourth-order valence-electron chi connectivity index (χ4n) is 9.60. The first kappa shape index (κ1) is 59.2. The minimum atomic E-state index is -1.60. The Hall–Kier alpha value is -6.00. The lowest BCUT2D eigenvalue weighted by atomic mass is 9.94. The van der Waals surface area contributed by atoms with E-state index in [2.05, 4.69) is 54.8 Å². The Labute approximate surface area is 448 Å². The van der Waals surface area contributed by atoms with Crippen molar-refractivity contribution in [2.24, 2.45) is 17.6 Å². The summed E-state index contributed by atoms with van der Waals surface area (Å²) in [6.07, 6.45) is -0.240. The van der Waals surface area contributed by atoms with E-state index in [0.29, 0.717) is 59.7 Å². The Morgan fingerprint density at radius 3 is 2.26 bits per heavy atom. The number of likely N-dealkylation sites (tertiary alicyclic amines) is 1. The number of carbonyl (C=O) groups is 10. The molecule has 4 aliphatic heterocycles. The Balaban J connectivity index is 1.39. The lowest BCUT2D eigenvalue weighted by molar-refractivity contribution is -0.139. The number of hydrogen-bond acceptors (Lipinski definition) is 17. The average Bonchev–Trinajstić information content (AvgIpc) is 4.02. The summed E-state index contributed by atoms with van der Waals surface area (Å²) in [6, 6.07) is -2.80. The van der Waals surface area contributed by atoms with Gasteiger partial charge in [-0.2, -0.15) is 12.6 Å². The van der Waals surface area contributed by atoms with E-state index in [9.17, 15) is 63.3 Å². The van der Waals surface area contributed by atoms with Gasteiger partial charge in [-0.05, 0) is 42.9 Å². The molecule has 1 aromatic carbocycles. The first-order valence-electron chi connectivity index (χ1n) is 25.7. The molecule has 6 rings (SSSR count). The number of nitrogens with one attached hydrogen (secondary N) is 8. The number of benzene rings is 1. The molecule has 2 aromatic rings. The van der Waals surface area contributed by atoms with Gasteiger partial charge in [-0.25, -0.2) is 0 Å². The number of unbranched alkanes of at least 4 members (excludes halogenated alkanes) is 3. The van der Waals surface area contributed by atoms with Crippen LogP contribution in [0, 0.1) is 11.8 Å². The zero-order chi connectivity index (χ0) is 55.4. The van der Waals surface area contributed by atoms with Gasteiger partial charge in [-0.3, -0.25) is 52.8 Å². The van der Waals surface area contributed by atoms with Crippen molar-refractivity contribution in [3.8, 4) is 5.75 Å². The van der Waals surface area contributed by atoms with Crippen molar-refractivity contribution in [2.75, 3.05) is 51.7 Å². The van der Waals surface area contributed by atoms with Gasteiger partial charge in [0.25, 0.3) is 0 Å². The topological polar surface area (TPSA) is 373 Å². The number of fused-ring (bicyclic) bond motifs is 5. The Morgan fingerprint density at radius 2 is 1.58 bits per heavy atom. The Morgan fingerprint density at radius 1 is 0.868 bits per heavy atom. The SMILES string of the molecule is CCC(C)C1NC(=O)CNC(=O)C2Cc3c([nH]c4cc(OCCCCCCN5C(=O)CC(S)C5=O)ccc34)SCC(NC(=O)CNC1=O)C(=O)NC(CC(N)=O)C(=O)N1CC(O)CC1CNC(C(C)C(O)CO)C(=O)N2. The predicted molar refractivity (Wildman–Crippen MR) is 278 cm³/mol. The molecule has 76 heavy (non-hydrogen) atoms. The van der Waals surface area contributed by atoms with Gasteiger partial charge in [0.05, 0.1) is 66.8 Å². The minimum absolute atomic E-state index is 0.0199. The summed E-state index contributed by atoms with van der Waals surface area (Å²) < 4.78 is 6.12. The summed E-state index contributed by atoms with van der Waals surface area (Å²) in [6.45, 7) is 3.11. The first-order chi connectivity index (χ1) is 36.2. The third-order valence-corrected chi connectivity index (χ3v) is 15.8. The van der Waals surface area contributed by atoms with E-state index in [1.54, 1.807) is 32.0 Å². The molecule has 5 heterocycles. The second-order valence-electron chi connectivity index (χ2n) is 19.8. The first-order valence-corrected chi connectivity index (χ1v) is 27.2. The lowest BCUT2D eigenvalue weighted by Crippen LogP contribution is -2.60. The molecule has 13 N–H and O–H groups in total. The van der Waals surface area contributed by atoms with Crippen LogP contribution in [0.4, 0.5) is 0 Å². The van der Waals surface area contributed by atoms with Gasteiger partial charge in [0.2, 0.25) is 59.1 Å². The molecule has 4 aliphatic rings. The summed E-state index contributed by atoms with van der Waals surface area (Å²) in [5.74, 6) is -8.50. The largest absolute Gasteiger partial charge is 0.494 e. The number of carbonyl (C=O) groups excluding carboxylic acids is 10. The smallest absolute Gasteiger partial charge is 0.246 e. The number of thioether (sulfide) groups is 1. The number of nitrogens with two attached hydrogens (primary N) is 1. The van der Waals surface area contributed by atoms with Crippen LogP contribution in [0.5, 0.6) is 5.75 Å². The molecule has 11 unspecified atom stereocenters. The molecule has 27 heteroatoms. The number of imide groups is 1. The molecule has 0 radical (unpaired) electrons. The maximum atomic E-state index is 14.7. The summed E-state index contributed by atoms with van der Waals surface area (Å²) in [7, 11) is 0. The number of nitrogens with zero attached hydrogens (tertiary/aromatic N) is 2. The van der Waals surface area contributed by atoms with Crippen LogP contribution in [-0.4, -0.2) is 195 Å². The highest BCUT2D eigenvalue weighted by molar-refractivity contribution is 7.99. The van der Waals surface area contributed by atoms with Gasteiger partial charge in [0.1, 0.15) is 29.9 Å². The van der Waals surface area contributed by atoms with Crippen molar-refractivity contribution < 1.29 is 68.0 Å². The van der Waals surface area contributed by atoms with Crippen LogP contribution in [0.3, 0.4) is 0 Å². The maximum absolute atomic E-state index is 14.7. The number of hydrogen-bond donors (Lipinski definition) is 13. The normalized spacial score (nSPS) is 27.1. The van der Waals surface area contributed by atoms with Crippen molar-refractivity contribution in [1.29, 1.82) is 0 Å². The van der Waals surface area contributed by atoms with E-state index in [1.165, 1.54) is 16.7 Å². The van der Waals surface area contributed by atoms with Gasteiger partial charge in [-0.1, -0.05) is 40.0 Å². The van der Waals surface area contributed by atoms with E-state index in [1.807, 2.05) is 0 Å². The molecule has 0 spiro atoms. The second kappa shape index (κ2) is 27.4. The number of aliphatic hydroxyl groups excluding tert-OH is 3. The fraction of sp³-hybridized carbons (Fsp3) is 0.633. The molecular weight excluding hydrogens is 1030 g/mol. The highest BCUT2D eigenvalue weighted by atomic mass is 32.2. The molecule has 25 nitrogen and oxygen atoms in total. The van der Waals surface area contributed by atoms with Gasteiger partial charge >= 0.3 is 0 Å². The van der Waals surface area contributed by atoms with Crippen molar-refractivity contribution in [3.05, 3.63) is 23.8 Å². The van der Waals surface area contributed by atoms with Crippen LogP contribution >= 0.6 is 24.4 Å². The van der Waals surface area contributed by atoms with E-state index in [4.69, 9.17) is 10.5 Å². The summed E-state index contributed by atoms with van der Waals surface area (Å²) in [4.78, 5) is 141. The van der Waals surface area contributed by atoms with Crippen molar-refractivity contribution in [2.45, 2.75) is 137 Å². The quantitative estimate of drug-likeness (QED) is 0.0475. The Kier molecular flexibility index (Phi) is 21.3. The molecule has 2 fully saturated rings. The Bertz CT molecular complexity index is 2500. The second-order valence-corrected chi connectivity index (χ2v) is 21.5. The summed E-state index contributed by atoms with van der Waals surface area (Å²) >= 11 is 5.20. The van der Waals surface area contributed by atoms with Crippen molar-refractivity contribution in [1.82, 2.24) is 52.0 Å². The molecule has 2 bridgehead atoms. The van der Waals surface area contributed by atoms with Crippen LogP contribution in [-0.2, 0) is 54.4 Å². The van der Waals surface area contributed by atoms with Gasteiger partial charge in [-0.15, -0.1) is 11.8 Å². The number of H-pyrrole nitrogens is 1. The summed E-state index contributed by atoms with van der Waals surface area (Å²) in [5.41, 5.74) is 6.55. The highest BCUT2D eigenvalue weighted by Crippen LogP contribution is 2.34. The summed E-state index contributed by atoms with van der Waals surface area (Å²) in [5, 5.41) is 50.8. The highest BCUT2D eigenvalue weighted by Gasteiger charge is 2.42. The van der Waals surface area contributed by atoms with Crippen LogP contribution < -0.4 is 47.7 Å². The van der Waals surface area contributed by atoms with E-state index in [-0.39, 0.29) is 49.9 Å². The third kappa shape index (κ3) is 15.4. The molecule has 0 aliphatic carbocycles. The molecule has 0 saturated carbocycles. The lowest BCUT2D eigenvalue weighted by Gasteiger charge is -2.33. The monoisotopic (exact) mass is 1100 g/mol. The van der Waals surface area contributed by atoms with Crippen molar-refractivity contribution in [3.63, 3.8) is 0 Å². The average molecular weight is 1100 g/mol. The molecule has 11 atom stereocenters. The molecule has 418 valence electrons. The maximum Gasteiger partial charge on any atom is 0.246 e. The number of rotatable bonds is 15. The zero-order valence-electron chi connectivity index (χ0n) is 42.8. The number of aliphatic hydroxyl groups is 3. The molecule has 2 saturated heterocycles. The van der Waals surface area contributed by atoms with Crippen LogP contribution in [0.25, 0.3) is 10.9 Å². The number of aromatic amines is 1. The van der Waals surface area contributed by atoms with Gasteiger partial charge in [0, 0.05) is 61.6 Å². The number of amides is 10. The number of ether oxygens (including phenoxy) is 1. The third-order valence-electron chi connectivity index (χ3n) is 14.2. The predicted octanol–water partition coefficient (Wildman–Crippen LogP) is -3.17. The standard InChI is InChI=1S/C49H71N11O14S2/c1-4-24(2)41-45(70)53-19-38(65)54-34-23-76-47-30(29-10-9-28(14-31(29)57-47)74-12-8-6-5-7-11-59-40(67)17-36(75)49(59)73)15-32(43(68)52-20-39(66)58-41)55-46(71)42(25(3)35(63)22-61)51-18-26-13-27(62)21-60(26)48(72)33(16-37(50)64)56-44(34)69/h9-10,14,24-27,32-36,41-42,51,57,61-63,75H,4-8,11-13,15-23H2,1-3H3,(H2,50,64)(H,52,68)(H,53,70)(H,54,65)(H,55,71)(H,56,69)(H,58,66). The van der Waals surface area contributed by atoms with Gasteiger partial charge in [0.15, 0.2) is 0 Å². The number of aromatic nitrogens is 1. The van der Waals surface area contributed by atoms with E-state index in [0.717, 1.165) is 24.6 Å². The van der Waals surface area contributed by atoms with E-state index >= 15 is 0 Å². The van der Waals surface area contributed by atoms with Crippen LogP contribution in [0.2, 0.25) is 0 Å². The van der Waals surface area contributed by atoms with Crippen LogP contribution in [0.1, 0.15) is 77.7 Å². The van der Waals surface area contributed by atoms with Crippen molar-refractivity contribution >= 4 is 94.4 Å². The molecule has 10 amide bonds. The minimum Gasteiger partial charge on any atom is -0.494 e. The number of primary amides is 1. The fourth-order valence-corrected chi connectivity index (χ4v) is 11.0. The van der Waals surface area contributed by atoms with E-state index < -0.39 is 139 Å². The van der Waals surface area contributed by atoms with Gasteiger partial charge < -0.3 is 72.9 Å². The number of thiol groups is 1. The van der Waals surface area contributed by atoms with Crippen LogP contribution in [0.15, 0.2) is 23.2 Å². The molecular formula is C49H71N11O14S2.